The molecule has 1 atom stereocenters. The second-order valence-corrected chi connectivity index (χ2v) is 7.82. The van der Waals surface area contributed by atoms with Gasteiger partial charge in [-0.15, -0.1) is 0 Å². The molecule has 3 heterocycles. The Morgan fingerprint density at radius 2 is 2.11 bits per heavy atom. The van der Waals surface area contributed by atoms with Crippen molar-refractivity contribution >= 4 is 23.4 Å². The van der Waals surface area contributed by atoms with E-state index < -0.39 is 5.41 Å². The van der Waals surface area contributed by atoms with E-state index in [1.165, 1.54) is 0 Å². The van der Waals surface area contributed by atoms with E-state index in [0.717, 1.165) is 38.0 Å². The van der Waals surface area contributed by atoms with Gasteiger partial charge in [0.1, 0.15) is 0 Å². The summed E-state index contributed by atoms with van der Waals surface area (Å²) in [4.78, 5) is 29.7. The van der Waals surface area contributed by atoms with E-state index in [1.807, 2.05) is 23.2 Å². The molecule has 0 radical (unpaired) electrons. The number of aromatic nitrogens is 2. The lowest BCUT2D eigenvalue weighted by molar-refractivity contribution is -0.135. The Hall–Kier alpha value is -2.34. The van der Waals surface area contributed by atoms with Crippen LogP contribution >= 0.6 is 11.6 Å². The van der Waals surface area contributed by atoms with Gasteiger partial charge in [0.25, 0.3) is 5.91 Å². The molecule has 1 aromatic carbocycles. The number of likely N-dealkylation sites (tertiary alicyclic amines) is 2. The molecule has 4 rings (SSSR count). The Morgan fingerprint density at radius 1 is 1.30 bits per heavy atom. The van der Waals surface area contributed by atoms with Crippen LogP contribution in [-0.2, 0) is 4.79 Å². The Balaban J connectivity index is 1.55. The van der Waals surface area contributed by atoms with Crippen LogP contribution in [0.2, 0.25) is 5.02 Å². The topological polar surface area (TPSA) is 58.4 Å². The first-order valence-electron chi connectivity index (χ1n) is 9.42. The molecule has 27 heavy (non-hydrogen) atoms. The third-order valence-electron chi connectivity index (χ3n) is 5.68. The fourth-order valence-electron chi connectivity index (χ4n) is 4.21. The summed E-state index contributed by atoms with van der Waals surface area (Å²) in [7, 11) is 0. The molecule has 1 unspecified atom stereocenters. The zero-order chi connectivity index (χ0) is 19.0. The van der Waals surface area contributed by atoms with Gasteiger partial charge >= 0.3 is 0 Å². The molecule has 2 aliphatic heterocycles. The SMILES string of the molecule is CCCN1CCC2(CCN(C(=O)c3cc(-n4cccn4)ccc3Cl)C2)C1=O. The molecule has 2 saturated heterocycles. The van der Waals surface area contributed by atoms with Crippen LogP contribution in [0, 0.1) is 5.41 Å². The normalized spacial score (nSPS) is 22.2. The van der Waals surface area contributed by atoms with E-state index in [-0.39, 0.29) is 11.8 Å². The molecule has 0 aliphatic carbocycles. The highest BCUT2D eigenvalue weighted by atomic mass is 35.5. The number of amides is 2. The molecule has 2 amide bonds. The average molecular weight is 387 g/mol. The van der Waals surface area contributed by atoms with Gasteiger partial charge in [-0.05, 0) is 43.5 Å². The first-order valence-corrected chi connectivity index (χ1v) is 9.80. The van der Waals surface area contributed by atoms with Crippen LogP contribution in [0.4, 0.5) is 0 Å². The molecule has 0 saturated carbocycles. The van der Waals surface area contributed by atoms with E-state index in [4.69, 9.17) is 11.6 Å². The molecular weight excluding hydrogens is 364 g/mol. The van der Waals surface area contributed by atoms with Crippen molar-refractivity contribution in [1.29, 1.82) is 0 Å². The van der Waals surface area contributed by atoms with Crippen LogP contribution in [0.25, 0.3) is 5.69 Å². The van der Waals surface area contributed by atoms with Gasteiger partial charge in [-0.2, -0.15) is 5.10 Å². The smallest absolute Gasteiger partial charge is 0.255 e. The van der Waals surface area contributed by atoms with Crippen molar-refractivity contribution in [2.75, 3.05) is 26.2 Å². The van der Waals surface area contributed by atoms with Gasteiger partial charge in [-0.25, -0.2) is 4.68 Å². The molecule has 0 N–H and O–H groups in total. The number of hydrogen-bond donors (Lipinski definition) is 0. The number of halogens is 1. The number of rotatable bonds is 4. The molecule has 2 aromatic rings. The fraction of sp³-hybridized carbons (Fsp3) is 0.450. The highest BCUT2D eigenvalue weighted by Gasteiger charge is 2.51. The summed E-state index contributed by atoms with van der Waals surface area (Å²) < 4.78 is 1.70. The molecule has 0 bridgehead atoms. The number of nitrogens with zero attached hydrogens (tertiary/aromatic N) is 4. The first-order chi connectivity index (χ1) is 13.0. The first kappa shape index (κ1) is 18.0. The molecule has 2 fully saturated rings. The Labute approximate surface area is 163 Å². The zero-order valence-corrected chi connectivity index (χ0v) is 16.2. The van der Waals surface area contributed by atoms with Crippen molar-refractivity contribution in [2.45, 2.75) is 26.2 Å². The van der Waals surface area contributed by atoms with Crippen molar-refractivity contribution in [1.82, 2.24) is 19.6 Å². The number of carbonyl (C=O) groups is 2. The summed E-state index contributed by atoms with van der Waals surface area (Å²) in [6.45, 7) is 4.74. The molecule has 1 spiro atoms. The Kier molecular flexibility index (Phi) is 4.68. The van der Waals surface area contributed by atoms with E-state index >= 15 is 0 Å². The van der Waals surface area contributed by atoms with Crippen molar-refractivity contribution < 1.29 is 9.59 Å². The maximum Gasteiger partial charge on any atom is 0.255 e. The Bertz CT molecular complexity index is 867. The Morgan fingerprint density at radius 3 is 2.85 bits per heavy atom. The van der Waals surface area contributed by atoms with Crippen LogP contribution in [0.1, 0.15) is 36.5 Å². The van der Waals surface area contributed by atoms with E-state index in [1.54, 1.807) is 27.9 Å². The molecule has 1 aromatic heterocycles. The summed E-state index contributed by atoms with van der Waals surface area (Å²) in [5.74, 6) is 0.0867. The second kappa shape index (κ2) is 7.00. The van der Waals surface area contributed by atoms with Gasteiger partial charge < -0.3 is 9.80 Å². The fourth-order valence-corrected chi connectivity index (χ4v) is 4.41. The van der Waals surface area contributed by atoms with Gasteiger partial charge in [0, 0.05) is 38.6 Å². The van der Waals surface area contributed by atoms with Crippen LogP contribution in [0.5, 0.6) is 0 Å². The van der Waals surface area contributed by atoms with Crippen molar-refractivity contribution in [3.05, 3.63) is 47.2 Å². The molecule has 142 valence electrons. The van der Waals surface area contributed by atoms with Gasteiger partial charge in [0.2, 0.25) is 5.91 Å². The average Bonchev–Trinajstić information content (AvgIpc) is 3.40. The predicted molar refractivity (Wildman–Crippen MR) is 103 cm³/mol. The maximum atomic E-state index is 13.1. The third kappa shape index (κ3) is 3.12. The maximum absolute atomic E-state index is 13.1. The minimum absolute atomic E-state index is 0.118. The quantitative estimate of drug-likeness (QED) is 0.811. The number of benzene rings is 1. The van der Waals surface area contributed by atoms with Crippen LogP contribution in [-0.4, -0.2) is 57.6 Å². The molecular formula is C20H23ClN4O2. The van der Waals surface area contributed by atoms with Gasteiger partial charge in [0.05, 0.1) is 21.7 Å². The van der Waals surface area contributed by atoms with E-state index in [9.17, 15) is 9.59 Å². The molecule has 2 aliphatic rings. The summed E-state index contributed by atoms with van der Waals surface area (Å²) in [6.07, 6.45) is 6.03. The standard InChI is InChI=1S/C20H23ClN4O2/c1-2-9-23-11-6-20(19(23)27)7-12-24(14-20)18(26)16-13-15(4-5-17(16)21)25-10-3-8-22-25/h3-5,8,10,13H,2,6-7,9,11-12,14H2,1H3. The van der Waals surface area contributed by atoms with E-state index in [2.05, 4.69) is 12.0 Å². The second-order valence-electron chi connectivity index (χ2n) is 7.41. The summed E-state index contributed by atoms with van der Waals surface area (Å²) in [5, 5.41) is 4.62. The summed E-state index contributed by atoms with van der Waals surface area (Å²) >= 11 is 6.32. The van der Waals surface area contributed by atoms with Crippen molar-refractivity contribution in [3.8, 4) is 5.69 Å². The lowest BCUT2D eigenvalue weighted by Crippen LogP contribution is -2.38. The van der Waals surface area contributed by atoms with Gasteiger partial charge in [0.15, 0.2) is 0 Å². The highest BCUT2D eigenvalue weighted by Crippen LogP contribution is 2.41. The highest BCUT2D eigenvalue weighted by molar-refractivity contribution is 6.33. The summed E-state index contributed by atoms with van der Waals surface area (Å²) in [5.41, 5.74) is 0.835. The minimum Gasteiger partial charge on any atom is -0.342 e. The zero-order valence-electron chi connectivity index (χ0n) is 15.4. The van der Waals surface area contributed by atoms with E-state index in [0.29, 0.717) is 23.7 Å². The summed E-state index contributed by atoms with van der Waals surface area (Å²) in [6, 6.07) is 7.15. The van der Waals surface area contributed by atoms with Crippen molar-refractivity contribution in [3.63, 3.8) is 0 Å². The van der Waals surface area contributed by atoms with Gasteiger partial charge in [-0.3, -0.25) is 9.59 Å². The number of hydrogen-bond acceptors (Lipinski definition) is 3. The lowest BCUT2D eigenvalue weighted by atomic mass is 9.85. The third-order valence-corrected chi connectivity index (χ3v) is 6.01. The van der Waals surface area contributed by atoms with Crippen molar-refractivity contribution in [2.24, 2.45) is 5.41 Å². The predicted octanol–water partition coefficient (Wildman–Crippen LogP) is 3.00. The minimum atomic E-state index is -0.406. The monoisotopic (exact) mass is 386 g/mol. The molecule has 7 heteroatoms. The lowest BCUT2D eigenvalue weighted by Gasteiger charge is -2.24. The van der Waals surface area contributed by atoms with Crippen LogP contribution in [0.15, 0.2) is 36.7 Å². The molecule has 6 nitrogen and oxygen atoms in total. The van der Waals surface area contributed by atoms with Crippen LogP contribution in [0.3, 0.4) is 0 Å². The number of carbonyl (C=O) groups excluding carboxylic acids is 2. The largest absolute Gasteiger partial charge is 0.342 e. The van der Waals surface area contributed by atoms with Crippen LogP contribution < -0.4 is 0 Å². The van der Waals surface area contributed by atoms with Gasteiger partial charge in [-0.1, -0.05) is 18.5 Å².